The van der Waals surface area contributed by atoms with Gasteiger partial charge in [-0.2, -0.15) is 0 Å². The highest BCUT2D eigenvalue weighted by Crippen LogP contribution is 2.32. The first-order chi connectivity index (χ1) is 9.95. The Balaban J connectivity index is 1.90. The van der Waals surface area contributed by atoms with Gasteiger partial charge in [-0.25, -0.2) is 4.79 Å². The molecule has 1 aliphatic rings. The summed E-state index contributed by atoms with van der Waals surface area (Å²) in [5, 5.41) is 20.9. The summed E-state index contributed by atoms with van der Waals surface area (Å²) in [6, 6.07) is 5.06. The monoisotopic (exact) mass is 292 g/mol. The van der Waals surface area contributed by atoms with Crippen LogP contribution in [0.4, 0.5) is 0 Å². The molecule has 114 valence electrons. The van der Waals surface area contributed by atoms with Crippen molar-refractivity contribution in [3.05, 3.63) is 29.8 Å². The zero-order valence-corrected chi connectivity index (χ0v) is 11.7. The lowest BCUT2D eigenvalue weighted by atomic mass is 10.0. The first kappa shape index (κ1) is 15.3. The van der Waals surface area contributed by atoms with Gasteiger partial charge in [0, 0.05) is 18.9 Å². The Morgan fingerprint density at radius 3 is 2.43 bits per heavy atom. The van der Waals surface area contributed by atoms with Crippen LogP contribution in [0.5, 0.6) is 5.75 Å². The third kappa shape index (κ3) is 4.75. The number of amides is 1. The third-order valence-electron chi connectivity index (χ3n) is 3.66. The highest BCUT2D eigenvalue weighted by atomic mass is 16.4. The molecule has 2 atom stereocenters. The van der Waals surface area contributed by atoms with Gasteiger partial charge in [-0.1, -0.05) is 12.1 Å². The summed E-state index contributed by atoms with van der Waals surface area (Å²) < 4.78 is 0. The average Bonchev–Trinajstić information content (AvgIpc) is 3.24. The number of carbonyl (C=O) groups excluding carboxylic acids is 1. The van der Waals surface area contributed by atoms with Crippen molar-refractivity contribution >= 4 is 11.9 Å². The lowest BCUT2D eigenvalue weighted by Crippen LogP contribution is -2.44. The summed E-state index contributed by atoms with van der Waals surface area (Å²) in [7, 11) is 0. The lowest BCUT2D eigenvalue weighted by Gasteiger charge is -2.16. The fourth-order valence-electron chi connectivity index (χ4n) is 2.23. The number of hydrogen-bond acceptors (Lipinski definition) is 4. The number of phenols is 1. The molecule has 0 bridgehead atoms. The number of carboxylic acid groups (broad SMARTS) is 1. The largest absolute Gasteiger partial charge is 0.508 e. The molecule has 0 heterocycles. The molecule has 5 N–H and O–H groups in total. The minimum absolute atomic E-state index is 0.116. The van der Waals surface area contributed by atoms with Crippen LogP contribution in [0.2, 0.25) is 0 Å². The predicted octanol–water partition coefficient (Wildman–Crippen LogP) is 0.631. The van der Waals surface area contributed by atoms with Crippen LogP contribution in [0.3, 0.4) is 0 Å². The van der Waals surface area contributed by atoms with Crippen molar-refractivity contribution in [3.8, 4) is 5.75 Å². The maximum atomic E-state index is 11.9. The number of carboxylic acids is 1. The molecule has 0 radical (unpaired) electrons. The molecule has 1 aromatic rings. The number of carbonyl (C=O) groups is 2. The molecule has 6 nitrogen and oxygen atoms in total. The molecule has 1 amide bonds. The van der Waals surface area contributed by atoms with Crippen molar-refractivity contribution in [1.82, 2.24) is 5.32 Å². The van der Waals surface area contributed by atoms with Gasteiger partial charge in [0.05, 0.1) is 0 Å². The summed E-state index contributed by atoms with van der Waals surface area (Å²) in [4.78, 5) is 23.1. The van der Waals surface area contributed by atoms with Crippen LogP contribution >= 0.6 is 0 Å². The van der Waals surface area contributed by atoms with E-state index >= 15 is 0 Å². The molecule has 1 fully saturated rings. The quantitative estimate of drug-likeness (QED) is 0.589. The van der Waals surface area contributed by atoms with Crippen molar-refractivity contribution in [2.24, 2.45) is 11.7 Å². The van der Waals surface area contributed by atoms with Crippen molar-refractivity contribution in [2.75, 3.05) is 0 Å². The van der Waals surface area contributed by atoms with Gasteiger partial charge >= 0.3 is 5.97 Å². The van der Waals surface area contributed by atoms with Gasteiger partial charge < -0.3 is 21.3 Å². The first-order valence-electron chi connectivity index (χ1n) is 7.01. The number of rotatable bonds is 7. The third-order valence-corrected chi connectivity index (χ3v) is 3.66. The van der Waals surface area contributed by atoms with Crippen LogP contribution < -0.4 is 11.1 Å². The zero-order valence-electron chi connectivity index (χ0n) is 11.7. The second-order valence-electron chi connectivity index (χ2n) is 5.53. The zero-order chi connectivity index (χ0) is 15.4. The number of nitrogens with one attached hydrogen (secondary N) is 1. The Kier molecular flexibility index (Phi) is 4.80. The summed E-state index contributed by atoms with van der Waals surface area (Å²) in [5.74, 6) is -0.904. The smallest absolute Gasteiger partial charge is 0.326 e. The van der Waals surface area contributed by atoms with Crippen molar-refractivity contribution < 1.29 is 19.8 Å². The van der Waals surface area contributed by atoms with Gasteiger partial charge in [0.15, 0.2) is 0 Å². The van der Waals surface area contributed by atoms with Crippen LogP contribution in [-0.4, -0.2) is 34.2 Å². The van der Waals surface area contributed by atoms with Gasteiger partial charge in [-0.05, 0) is 36.5 Å². The highest BCUT2D eigenvalue weighted by Gasteiger charge is 2.30. The van der Waals surface area contributed by atoms with E-state index in [0.717, 1.165) is 18.4 Å². The number of aromatic hydroxyl groups is 1. The van der Waals surface area contributed by atoms with E-state index in [4.69, 9.17) is 5.73 Å². The van der Waals surface area contributed by atoms with Gasteiger partial charge in [-0.3, -0.25) is 4.79 Å². The van der Waals surface area contributed by atoms with Crippen LogP contribution in [0.1, 0.15) is 24.8 Å². The summed E-state index contributed by atoms with van der Waals surface area (Å²) in [6.45, 7) is 0. The number of hydrogen-bond donors (Lipinski definition) is 4. The molecule has 1 saturated carbocycles. The standard InChI is InChI=1S/C15H20N2O4/c16-12(10-3-4-10)8-14(19)17-13(15(20)21)7-9-1-5-11(18)6-2-9/h1-2,5-6,10,12-13,18H,3-4,7-8,16H2,(H,17,19)(H,20,21)/t12?,13-/m0/s1. The summed E-state index contributed by atoms with van der Waals surface area (Å²) in [6.07, 6.45) is 2.42. The summed E-state index contributed by atoms with van der Waals surface area (Å²) in [5.41, 5.74) is 6.59. The van der Waals surface area contributed by atoms with E-state index in [1.54, 1.807) is 12.1 Å². The van der Waals surface area contributed by atoms with Crippen LogP contribution in [0, 0.1) is 5.92 Å². The molecule has 0 aliphatic heterocycles. The first-order valence-corrected chi connectivity index (χ1v) is 7.01. The molecular formula is C15H20N2O4. The van der Waals surface area contributed by atoms with Crippen LogP contribution in [0.25, 0.3) is 0 Å². The molecule has 1 unspecified atom stereocenters. The van der Waals surface area contributed by atoms with E-state index < -0.39 is 12.0 Å². The van der Waals surface area contributed by atoms with Gasteiger partial charge in [0.2, 0.25) is 5.91 Å². The molecule has 2 rings (SSSR count). The maximum Gasteiger partial charge on any atom is 0.326 e. The highest BCUT2D eigenvalue weighted by molar-refractivity contribution is 5.84. The number of aliphatic carboxylic acids is 1. The van der Waals surface area contributed by atoms with E-state index in [9.17, 15) is 19.8 Å². The second-order valence-corrected chi connectivity index (χ2v) is 5.53. The Bertz CT molecular complexity index is 511. The van der Waals surface area contributed by atoms with Crippen molar-refractivity contribution in [3.63, 3.8) is 0 Å². The van der Waals surface area contributed by atoms with Crippen LogP contribution in [0.15, 0.2) is 24.3 Å². The fraction of sp³-hybridized carbons (Fsp3) is 0.467. The predicted molar refractivity (Wildman–Crippen MR) is 76.7 cm³/mol. The molecule has 0 spiro atoms. The van der Waals surface area contributed by atoms with E-state index in [0.29, 0.717) is 5.92 Å². The van der Waals surface area contributed by atoms with Gasteiger partial charge in [0.1, 0.15) is 11.8 Å². The Labute approximate surface area is 123 Å². The number of benzene rings is 1. The van der Waals surface area contributed by atoms with E-state index in [2.05, 4.69) is 5.32 Å². The average molecular weight is 292 g/mol. The Hall–Kier alpha value is -2.08. The summed E-state index contributed by atoms with van der Waals surface area (Å²) >= 11 is 0. The fourth-order valence-corrected chi connectivity index (χ4v) is 2.23. The minimum atomic E-state index is -1.09. The van der Waals surface area contributed by atoms with Crippen molar-refractivity contribution in [2.45, 2.75) is 37.8 Å². The SMILES string of the molecule is NC(CC(=O)N[C@@H](Cc1ccc(O)cc1)C(=O)O)C1CC1. The van der Waals surface area contributed by atoms with Gasteiger partial charge in [-0.15, -0.1) is 0 Å². The lowest BCUT2D eigenvalue weighted by molar-refractivity contribution is -0.141. The minimum Gasteiger partial charge on any atom is -0.508 e. The maximum absolute atomic E-state index is 11.9. The molecule has 6 heteroatoms. The Morgan fingerprint density at radius 2 is 1.90 bits per heavy atom. The van der Waals surface area contributed by atoms with Gasteiger partial charge in [0.25, 0.3) is 0 Å². The normalized spacial score (nSPS) is 17.0. The van der Waals surface area contributed by atoms with E-state index in [1.165, 1.54) is 12.1 Å². The molecule has 0 aromatic heterocycles. The molecule has 0 saturated heterocycles. The molecule has 1 aliphatic carbocycles. The van der Waals surface area contributed by atoms with E-state index in [-0.39, 0.29) is 30.5 Å². The molecular weight excluding hydrogens is 272 g/mol. The van der Waals surface area contributed by atoms with E-state index in [1.807, 2.05) is 0 Å². The Morgan fingerprint density at radius 1 is 1.29 bits per heavy atom. The van der Waals surface area contributed by atoms with Crippen molar-refractivity contribution in [1.29, 1.82) is 0 Å². The topological polar surface area (TPSA) is 113 Å². The molecule has 1 aromatic carbocycles. The number of nitrogens with two attached hydrogens (primary N) is 1. The van der Waals surface area contributed by atoms with Crippen LogP contribution in [-0.2, 0) is 16.0 Å². The molecule has 21 heavy (non-hydrogen) atoms. The number of phenolic OH excluding ortho intramolecular Hbond substituents is 1. The second kappa shape index (κ2) is 6.58.